The minimum Gasteiger partial charge on any atom is -0.368 e. The molecule has 26 heavy (non-hydrogen) atoms. The lowest BCUT2D eigenvalue weighted by atomic mass is 10.1. The summed E-state index contributed by atoms with van der Waals surface area (Å²) >= 11 is 0. The Balaban J connectivity index is 1.83. The summed E-state index contributed by atoms with van der Waals surface area (Å²) in [7, 11) is 0. The number of nitrogen functional groups attached to an aromatic ring is 1. The summed E-state index contributed by atoms with van der Waals surface area (Å²) in [6.45, 7) is 1.94. The molecule has 0 saturated carbocycles. The number of anilines is 1. The van der Waals surface area contributed by atoms with Crippen LogP contribution in [0.2, 0.25) is 0 Å². The van der Waals surface area contributed by atoms with Gasteiger partial charge in [0.2, 0.25) is 5.95 Å². The van der Waals surface area contributed by atoms with Gasteiger partial charge in [-0.15, -0.1) is 0 Å². The number of nitrogens with zero attached hydrogens (tertiary/aromatic N) is 4. The summed E-state index contributed by atoms with van der Waals surface area (Å²) in [5.41, 5.74) is 9.05. The van der Waals surface area contributed by atoms with E-state index in [4.69, 9.17) is 5.73 Å². The van der Waals surface area contributed by atoms with Crippen molar-refractivity contribution in [2.75, 3.05) is 5.73 Å². The van der Waals surface area contributed by atoms with Crippen LogP contribution in [0.15, 0.2) is 71.5 Å². The van der Waals surface area contributed by atoms with Crippen LogP contribution in [0, 0.1) is 10.1 Å². The van der Waals surface area contributed by atoms with Crippen LogP contribution in [-0.4, -0.2) is 20.8 Å². The van der Waals surface area contributed by atoms with E-state index in [1.54, 1.807) is 24.5 Å². The molecular formula is C19H17N5O2. The number of benzene rings is 2. The van der Waals surface area contributed by atoms with Gasteiger partial charge in [-0.1, -0.05) is 48.5 Å². The zero-order valence-electron chi connectivity index (χ0n) is 14.1. The second kappa shape index (κ2) is 7.43. The Labute approximate surface area is 150 Å². The van der Waals surface area contributed by atoms with Crippen molar-refractivity contribution in [3.05, 3.63) is 82.0 Å². The smallest absolute Gasteiger partial charge is 0.270 e. The lowest BCUT2D eigenvalue weighted by molar-refractivity contribution is -0.384. The first-order valence-corrected chi connectivity index (χ1v) is 7.90. The SMILES string of the molecule is CC(C=Nn1cc(-c2cccc([N+](=O)[O-])c2)nc1N)=Cc1ccccc1. The van der Waals surface area contributed by atoms with Crippen molar-refractivity contribution in [1.29, 1.82) is 0 Å². The molecule has 2 aromatic carbocycles. The third-order valence-corrected chi connectivity index (χ3v) is 3.65. The highest BCUT2D eigenvalue weighted by molar-refractivity contribution is 5.84. The van der Waals surface area contributed by atoms with E-state index in [9.17, 15) is 10.1 Å². The summed E-state index contributed by atoms with van der Waals surface area (Å²) in [5.74, 6) is 0.204. The van der Waals surface area contributed by atoms with Crippen LogP contribution in [0.25, 0.3) is 17.3 Å². The molecule has 0 unspecified atom stereocenters. The number of nitro groups is 1. The number of hydrogen-bond donors (Lipinski definition) is 1. The van der Waals surface area contributed by atoms with Gasteiger partial charge in [0.05, 0.1) is 23.0 Å². The summed E-state index contributed by atoms with van der Waals surface area (Å²) in [6.07, 6.45) is 5.32. The number of nitro benzene ring substituents is 1. The van der Waals surface area contributed by atoms with Crippen LogP contribution >= 0.6 is 0 Å². The number of rotatable bonds is 5. The summed E-state index contributed by atoms with van der Waals surface area (Å²) in [6, 6.07) is 16.1. The molecule has 130 valence electrons. The molecule has 3 aromatic rings. The fourth-order valence-corrected chi connectivity index (χ4v) is 2.40. The molecule has 0 fully saturated rings. The summed E-state index contributed by atoms with van der Waals surface area (Å²) in [5, 5.41) is 15.2. The van der Waals surface area contributed by atoms with Crippen molar-refractivity contribution in [2.24, 2.45) is 5.10 Å². The quantitative estimate of drug-likeness (QED) is 0.428. The third-order valence-electron chi connectivity index (χ3n) is 3.65. The number of aromatic nitrogens is 2. The fourth-order valence-electron chi connectivity index (χ4n) is 2.40. The normalized spacial score (nSPS) is 11.8. The Kier molecular flexibility index (Phi) is 4.89. The molecule has 0 bridgehead atoms. The van der Waals surface area contributed by atoms with Crippen molar-refractivity contribution in [1.82, 2.24) is 9.66 Å². The van der Waals surface area contributed by atoms with Crippen molar-refractivity contribution < 1.29 is 4.92 Å². The molecule has 0 radical (unpaired) electrons. The van der Waals surface area contributed by atoms with E-state index in [1.807, 2.05) is 43.3 Å². The molecular weight excluding hydrogens is 330 g/mol. The van der Waals surface area contributed by atoms with Gasteiger partial charge in [0.15, 0.2) is 0 Å². The lowest BCUT2D eigenvalue weighted by Crippen LogP contribution is -1.96. The predicted molar refractivity (Wildman–Crippen MR) is 103 cm³/mol. The molecule has 1 aromatic heterocycles. The van der Waals surface area contributed by atoms with Gasteiger partial charge in [-0.25, -0.2) is 9.66 Å². The van der Waals surface area contributed by atoms with Crippen LogP contribution in [0.5, 0.6) is 0 Å². The van der Waals surface area contributed by atoms with E-state index in [0.29, 0.717) is 11.3 Å². The van der Waals surface area contributed by atoms with Crippen LogP contribution in [0.1, 0.15) is 12.5 Å². The maximum absolute atomic E-state index is 10.9. The van der Waals surface area contributed by atoms with Gasteiger partial charge < -0.3 is 5.73 Å². The van der Waals surface area contributed by atoms with E-state index >= 15 is 0 Å². The van der Waals surface area contributed by atoms with Crippen molar-refractivity contribution >= 4 is 23.9 Å². The predicted octanol–water partition coefficient (Wildman–Crippen LogP) is 3.98. The second-order valence-corrected chi connectivity index (χ2v) is 5.68. The molecule has 0 aliphatic rings. The van der Waals surface area contributed by atoms with Gasteiger partial charge in [0, 0.05) is 17.7 Å². The zero-order valence-corrected chi connectivity index (χ0v) is 14.1. The van der Waals surface area contributed by atoms with Gasteiger partial charge in [0.1, 0.15) is 0 Å². The van der Waals surface area contributed by atoms with Crippen LogP contribution in [0.4, 0.5) is 11.6 Å². The summed E-state index contributed by atoms with van der Waals surface area (Å²) in [4.78, 5) is 14.7. The molecule has 0 spiro atoms. The van der Waals surface area contributed by atoms with Crippen LogP contribution in [-0.2, 0) is 0 Å². The highest BCUT2D eigenvalue weighted by Gasteiger charge is 2.11. The monoisotopic (exact) mass is 347 g/mol. The Morgan fingerprint density at radius 2 is 2.00 bits per heavy atom. The Morgan fingerprint density at radius 1 is 1.23 bits per heavy atom. The van der Waals surface area contributed by atoms with Crippen molar-refractivity contribution in [3.8, 4) is 11.3 Å². The molecule has 2 N–H and O–H groups in total. The van der Waals surface area contributed by atoms with Gasteiger partial charge >= 0.3 is 0 Å². The third kappa shape index (κ3) is 4.02. The van der Waals surface area contributed by atoms with Gasteiger partial charge in [-0.05, 0) is 18.1 Å². The van der Waals surface area contributed by atoms with Crippen LogP contribution in [0.3, 0.4) is 0 Å². The fraction of sp³-hybridized carbons (Fsp3) is 0.0526. The molecule has 0 aliphatic carbocycles. The van der Waals surface area contributed by atoms with Gasteiger partial charge in [-0.2, -0.15) is 5.10 Å². The van der Waals surface area contributed by atoms with Crippen molar-refractivity contribution in [2.45, 2.75) is 6.92 Å². The molecule has 7 nitrogen and oxygen atoms in total. The van der Waals surface area contributed by atoms with E-state index < -0.39 is 4.92 Å². The van der Waals surface area contributed by atoms with Gasteiger partial charge in [0.25, 0.3) is 5.69 Å². The minimum absolute atomic E-state index is 0.000705. The van der Waals surface area contributed by atoms with E-state index in [-0.39, 0.29) is 11.6 Å². The van der Waals surface area contributed by atoms with Gasteiger partial charge in [-0.3, -0.25) is 10.1 Å². The standard InChI is InChI=1S/C19H17N5O2/c1-14(10-15-6-3-2-4-7-15)12-21-23-13-18(22-19(23)20)16-8-5-9-17(11-16)24(25)26/h2-13H,1H3,(H2,20,22). The first-order chi connectivity index (χ1) is 12.5. The maximum Gasteiger partial charge on any atom is 0.270 e. The van der Waals surface area contributed by atoms with Crippen LogP contribution < -0.4 is 5.73 Å². The summed E-state index contributed by atoms with van der Waals surface area (Å²) < 4.78 is 1.44. The molecule has 3 rings (SSSR count). The number of imidazole rings is 1. The Hall–Kier alpha value is -3.74. The minimum atomic E-state index is -0.445. The molecule has 1 heterocycles. The average Bonchev–Trinajstić information content (AvgIpc) is 3.02. The number of hydrogen-bond acceptors (Lipinski definition) is 5. The second-order valence-electron chi connectivity index (χ2n) is 5.68. The average molecular weight is 347 g/mol. The number of allylic oxidation sites excluding steroid dienone is 1. The first-order valence-electron chi connectivity index (χ1n) is 7.90. The number of nitrogens with two attached hydrogens (primary N) is 1. The maximum atomic E-state index is 10.9. The first kappa shape index (κ1) is 17.1. The molecule has 0 saturated heterocycles. The highest BCUT2D eigenvalue weighted by atomic mass is 16.6. The molecule has 7 heteroatoms. The molecule has 0 amide bonds. The largest absolute Gasteiger partial charge is 0.368 e. The van der Waals surface area contributed by atoms with E-state index in [0.717, 1.165) is 11.1 Å². The number of non-ortho nitro benzene ring substituents is 1. The Morgan fingerprint density at radius 3 is 2.73 bits per heavy atom. The molecule has 0 aliphatic heterocycles. The van der Waals surface area contributed by atoms with Crippen molar-refractivity contribution in [3.63, 3.8) is 0 Å². The topological polar surface area (TPSA) is 99.3 Å². The molecule has 0 atom stereocenters. The highest BCUT2D eigenvalue weighted by Crippen LogP contribution is 2.24. The van der Waals surface area contributed by atoms with E-state index in [2.05, 4.69) is 10.1 Å². The lowest BCUT2D eigenvalue weighted by Gasteiger charge is -1.97. The van der Waals surface area contributed by atoms with E-state index in [1.165, 1.54) is 16.8 Å². The zero-order chi connectivity index (χ0) is 18.5. The Bertz CT molecular complexity index is 990.